The molecule has 2 N–H and O–H groups in total. The fourth-order valence-corrected chi connectivity index (χ4v) is 3.41. The fourth-order valence-electron chi connectivity index (χ4n) is 3.41. The lowest BCUT2D eigenvalue weighted by atomic mass is 9.94. The molecule has 2 unspecified atom stereocenters. The van der Waals surface area contributed by atoms with Crippen LogP contribution in [0.4, 0.5) is 0 Å². The van der Waals surface area contributed by atoms with Crippen LogP contribution in [-0.4, -0.2) is 34.6 Å². The highest BCUT2D eigenvalue weighted by Gasteiger charge is 2.22. The van der Waals surface area contributed by atoms with Crippen LogP contribution in [0.15, 0.2) is 6.20 Å². The monoisotopic (exact) mass is 248 g/mol. The van der Waals surface area contributed by atoms with Crippen LogP contribution in [0.3, 0.4) is 0 Å². The van der Waals surface area contributed by atoms with Crippen molar-refractivity contribution in [2.24, 2.45) is 11.7 Å². The molecule has 0 amide bonds. The minimum Gasteiger partial charge on any atom is -0.333 e. The third-order valence-electron chi connectivity index (χ3n) is 4.32. The molecule has 3 heterocycles. The van der Waals surface area contributed by atoms with Crippen molar-refractivity contribution in [3.8, 4) is 0 Å². The van der Waals surface area contributed by atoms with E-state index in [0.717, 1.165) is 31.1 Å². The first-order chi connectivity index (χ1) is 8.72. The van der Waals surface area contributed by atoms with Crippen molar-refractivity contribution in [2.45, 2.75) is 44.7 Å². The Morgan fingerprint density at radius 2 is 2.17 bits per heavy atom. The predicted octanol–water partition coefficient (Wildman–Crippen LogP) is 1.56. The summed E-state index contributed by atoms with van der Waals surface area (Å²) in [5, 5.41) is 0. The van der Waals surface area contributed by atoms with E-state index in [1.54, 1.807) is 0 Å². The lowest BCUT2D eigenvalue weighted by molar-refractivity contribution is 0.208. The van der Waals surface area contributed by atoms with E-state index >= 15 is 0 Å². The standard InChI is InChI=1S/C14H24N4/c1-17-6-2-4-11(9-17)8-12-10-18-7-3-5-13(15)14(18)16-12/h10-11,13H,2-9,15H2,1H3. The van der Waals surface area contributed by atoms with Gasteiger partial charge in [-0.05, 0) is 51.6 Å². The Balaban J connectivity index is 1.69. The highest BCUT2D eigenvalue weighted by Crippen LogP contribution is 2.25. The van der Waals surface area contributed by atoms with Crippen LogP contribution in [0.25, 0.3) is 0 Å². The van der Waals surface area contributed by atoms with Crippen LogP contribution in [0.1, 0.15) is 43.2 Å². The summed E-state index contributed by atoms with van der Waals surface area (Å²) in [6.07, 6.45) is 8.31. The van der Waals surface area contributed by atoms with Crippen molar-refractivity contribution in [3.05, 3.63) is 17.7 Å². The highest BCUT2D eigenvalue weighted by molar-refractivity contribution is 5.10. The normalized spacial score (nSPS) is 29.2. The lowest BCUT2D eigenvalue weighted by Crippen LogP contribution is -2.33. The van der Waals surface area contributed by atoms with Gasteiger partial charge in [0.2, 0.25) is 0 Å². The van der Waals surface area contributed by atoms with E-state index in [2.05, 4.69) is 22.7 Å². The summed E-state index contributed by atoms with van der Waals surface area (Å²) in [4.78, 5) is 7.21. The van der Waals surface area contributed by atoms with Crippen LogP contribution in [-0.2, 0) is 13.0 Å². The van der Waals surface area contributed by atoms with Crippen molar-refractivity contribution in [1.29, 1.82) is 0 Å². The van der Waals surface area contributed by atoms with Gasteiger partial charge in [0.25, 0.3) is 0 Å². The second-order valence-corrected chi connectivity index (χ2v) is 6.01. The zero-order chi connectivity index (χ0) is 12.5. The summed E-state index contributed by atoms with van der Waals surface area (Å²) in [5.74, 6) is 1.89. The molecule has 0 bridgehead atoms. The summed E-state index contributed by atoms with van der Waals surface area (Å²) in [7, 11) is 2.22. The number of rotatable bonds is 2. The Labute approximate surface area is 109 Å². The van der Waals surface area contributed by atoms with Crippen molar-refractivity contribution >= 4 is 0 Å². The summed E-state index contributed by atoms with van der Waals surface area (Å²) in [6.45, 7) is 3.57. The van der Waals surface area contributed by atoms with Gasteiger partial charge in [0, 0.05) is 19.3 Å². The molecule has 4 heteroatoms. The Morgan fingerprint density at radius 1 is 1.33 bits per heavy atom. The van der Waals surface area contributed by atoms with E-state index in [1.165, 1.54) is 38.0 Å². The molecule has 18 heavy (non-hydrogen) atoms. The number of imidazole rings is 1. The molecule has 0 saturated carbocycles. The largest absolute Gasteiger partial charge is 0.333 e. The van der Waals surface area contributed by atoms with Crippen LogP contribution in [0, 0.1) is 5.92 Å². The Bertz CT molecular complexity index is 412. The Hall–Kier alpha value is -0.870. The first-order valence-corrected chi connectivity index (χ1v) is 7.22. The third-order valence-corrected chi connectivity index (χ3v) is 4.32. The number of hydrogen-bond donors (Lipinski definition) is 1. The molecule has 0 spiro atoms. The van der Waals surface area contributed by atoms with Crippen LogP contribution in [0.5, 0.6) is 0 Å². The second-order valence-electron chi connectivity index (χ2n) is 6.01. The minimum atomic E-state index is 0.154. The number of piperidine rings is 1. The van der Waals surface area contributed by atoms with Crippen molar-refractivity contribution in [3.63, 3.8) is 0 Å². The quantitative estimate of drug-likeness (QED) is 0.864. The molecule has 100 valence electrons. The second kappa shape index (κ2) is 5.02. The molecule has 3 rings (SSSR count). The van der Waals surface area contributed by atoms with E-state index in [0.29, 0.717) is 0 Å². The molecule has 2 aliphatic heterocycles. The number of likely N-dealkylation sites (tertiary alicyclic amines) is 1. The number of hydrogen-bond acceptors (Lipinski definition) is 3. The predicted molar refractivity (Wildman–Crippen MR) is 72.3 cm³/mol. The molecule has 2 aliphatic rings. The van der Waals surface area contributed by atoms with E-state index in [-0.39, 0.29) is 6.04 Å². The Kier molecular flexibility index (Phi) is 3.39. The smallest absolute Gasteiger partial charge is 0.125 e. The number of aromatic nitrogens is 2. The van der Waals surface area contributed by atoms with Gasteiger partial charge in [-0.3, -0.25) is 0 Å². The molecule has 1 saturated heterocycles. The average Bonchev–Trinajstić information content (AvgIpc) is 2.73. The lowest BCUT2D eigenvalue weighted by Gasteiger charge is -2.29. The number of nitrogens with zero attached hydrogens (tertiary/aromatic N) is 3. The average molecular weight is 248 g/mol. The maximum Gasteiger partial charge on any atom is 0.125 e. The first kappa shape index (κ1) is 12.2. The number of fused-ring (bicyclic) bond motifs is 1. The number of nitrogens with two attached hydrogens (primary N) is 1. The van der Waals surface area contributed by atoms with Gasteiger partial charge in [0.15, 0.2) is 0 Å². The van der Waals surface area contributed by atoms with Gasteiger partial charge >= 0.3 is 0 Å². The maximum atomic E-state index is 6.12. The maximum absolute atomic E-state index is 6.12. The van der Waals surface area contributed by atoms with E-state index in [1.807, 2.05) is 0 Å². The Morgan fingerprint density at radius 3 is 2.94 bits per heavy atom. The molecule has 2 atom stereocenters. The highest BCUT2D eigenvalue weighted by atomic mass is 15.1. The van der Waals surface area contributed by atoms with E-state index < -0.39 is 0 Å². The van der Waals surface area contributed by atoms with Gasteiger partial charge in [0.05, 0.1) is 11.7 Å². The fraction of sp³-hybridized carbons (Fsp3) is 0.786. The van der Waals surface area contributed by atoms with Crippen molar-refractivity contribution < 1.29 is 0 Å². The minimum absolute atomic E-state index is 0.154. The topological polar surface area (TPSA) is 47.1 Å². The van der Waals surface area contributed by atoms with E-state index in [4.69, 9.17) is 10.7 Å². The third kappa shape index (κ3) is 2.45. The van der Waals surface area contributed by atoms with Crippen LogP contribution >= 0.6 is 0 Å². The molecule has 1 aromatic rings. The molecular formula is C14H24N4. The SMILES string of the molecule is CN1CCCC(Cc2cn3c(n2)C(N)CCC3)C1. The zero-order valence-corrected chi connectivity index (χ0v) is 11.3. The summed E-state index contributed by atoms with van der Waals surface area (Å²) in [6, 6.07) is 0.154. The molecule has 1 fully saturated rings. The summed E-state index contributed by atoms with van der Waals surface area (Å²) < 4.78 is 2.27. The van der Waals surface area contributed by atoms with Crippen molar-refractivity contribution in [2.75, 3.05) is 20.1 Å². The molecule has 4 nitrogen and oxygen atoms in total. The first-order valence-electron chi connectivity index (χ1n) is 7.22. The van der Waals surface area contributed by atoms with Crippen molar-refractivity contribution in [1.82, 2.24) is 14.5 Å². The van der Waals surface area contributed by atoms with Crippen LogP contribution in [0.2, 0.25) is 0 Å². The van der Waals surface area contributed by atoms with E-state index in [9.17, 15) is 0 Å². The van der Waals surface area contributed by atoms with Gasteiger partial charge in [-0.25, -0.2) is 4.98 Å². The molecule has 0 aromatic carbocycles. The van der Waals surface area contributed by atoms with Gasteiger partial charge in [-0.2, -0.15) is 0 Å². The summed E-state index contributed by atoms with van der Waals surface area (Å²) >= 11 is 0. The summed E-state index contributed by atoms with van der Waals surface area (Å²) in [5.41, 5.74) is 7.38. The zero-order valence-electron chi connectivity index (χ0n) is 11.3. The van der Waals surface area contributed by atoms with Gasteiger partial charge in [0.1, 0.15) is 5.82 Å². The van der Waals surface area contributed by atoms with Gasteiger partial charge in [-0.15, -0.1) is 0 Å². The van der Waals surface area contributed by atoms with Crippen LogP contribution < -0.4 is 5.73 Å². The van der Waals surface area contributed by atoms with Gasteiger partial charge < -0.3 is 15.2 Å². The molecule has 0 radical (unpaired) electrons. The number of aryl methyl sites for hydroxylation is 1. The molecular weight excluding hydrogens is 224 g/mol. The molecule has 1 aromatic heterocycles. The molecule has 0 aliphatic carbocycles. The van der Waals surface area contributed by atoms with Gasteiger partial charge in [-0.1, -0.05) is 0 Å².